The van der Waals surface area contributed by atoms with Gasteiger partial charge >= 0.3 is 0 Å². The lowest BCUT2D eigenvalue weighted by atomic mass is 10.2. The Labute approximate surface area is 165 Å². The van der Waals surface area contributed by atoms with Gasteiger partial charge in [0.1, 0.15) is 5.75 Å². The summed E-state index contributed by atoms with van der Waals surface area (Å²) >= 11 is 0. The Bertz CT molecular complexity index is 920. The summed E-state index contributed by atoms with van der Waals surface area (Å²) < 4.78 is 30.0. The Morgan fingerprint density at radius 2 is 1.57 bits per heavy atom. The van der Waals surface area contributed by atoms with Crippen LogP contribution in [0.2, 0.25) is 0 Å². The van der Waals surface area contributed by atoms with Crippen molar-refractivity contribution in [3.63, 3.8) is 0 Å². The molecule has 2 N–H and O–H groups in total. The van der Waals surface area contributed by atoms with Crippen LogP contribution in [0.5, 0.6) is 5.75 Å². The average molecular weight is 404 g/mol. The number of benzene rings is 2. The standard InChI is InChI=1S/C20H24N2O5S/c1-14(2)27-17-8-6-16(7-9-17)20(24)22-21-19(23)12-13-28(25,26)18-10-4-15(3)5-11-18/h4-11,14H,12-13H2,1-3H3,(H,21,23)(H,22,24). The van der Waals surface area contributed by atoms with Gasteiger partial charge in [-0.2, -0.15) is 0 Å². The number of sulfone groups is 1. The van der Waals surface area contributed by atoms with Crippen molar-refractivity contribution in [1.29, 1.82) is 0 Å². The minimum absolute atomic E-state index is 0.0233. The predicted octanol–water partition coefficient (Wildman–Crippen LogP) is 2.41. The van der Waals surface area contributed by atoms with Crippen LogP contribution in [0.3, 0.4) is 0 Å². The fourth-order valence-corrected chi connectivity index (χ4v) is 3.55. The zero-order chi connectivity index (χ0) is 20.7. The lowest BCUT2D eigenvalue weighted by Gasteiger charge is -2.11. The van der Waals surface area contributed by atoms with Crippen molar-refractivity contribution in [2.24, 2.45) is 0 Å². The Hall–Kier alpha value is -2.87. The van der Waals surface area contributed by atoms with Crippen molar-refractivity contribution in [3.05, 3.63) is 59.7 Å². The molecule has 0 aromatic heterocycles. The van der Waals surface area contributed by atoms with E-state index in [2.05, 4.69) is 10.9 Å². The number of ether oxygens (including phenoxy) is 1. The molecule has 0 heterocycles. The highest BCUT2D eigenvalue weighted by atomic mass is 32.2. The minimum atomic E-state index is -3.57. The minimum Gasteiger partial charge on any atom is -0.491 e. The second-order valence-electron chi connectivity index (χ2n) is 6.58. The Kier molecular flexibility index (Phi) is 7.17. The molecular formula is C20H24N2O5S. The number of aryl methyl sites for hydroxylation is 1. The Morgan fingerprint density at radius 3 is 2.14 bits per heavy atom. The first-order chi connectivity index (χ1) is 13.2. The van der Waals surface area contributed by atoms with Crippen LogP contribution in [-0.2, 0) is 14.6 Å². The lowest BCUT2D eigenvalue weighted by Crippen LogP contribution is -2.42. The van der Waals surface area contributed by atoms with Crippen LogP contribution < -0.4 is 15.6 Å². The molecule has 0 bridgehead atoms. The summed E-state index contributed by atoms with van der Waals surface area (Å²) in [6.07, 6.45) is -0.243. The van der Waals surface area contributed by atoms with Crippen LogP contribution in [0, 0.1) is 6.92 Å². The van der Waals surface area contributed by atoms with E-state index in [1.54, 1.807) is 36.4 Å². The van der Waals surface area contributed by atoms with E-state index in [9.17, 15) is 18.0 Å². The van der Waals surface area contributed by atoms with Crippen LogP contribution in [0.4, 0.5) is 0 Å². The number of carbonyl (C=O) groups excluding carboxylic acids is 2. The van der Waals surface area contributed by atoms with Crippen LogP contribution in [0.25, 0.3) is 0 Å². The van der Waals surface area contributed by atoms with Crippen LogP contribution in [0.1, 0.15) is 36.2 Å². The summed E-state index contributed by atoms with van der Waals surface area (Å²) in [5.74, 6) is -0.814. The number of amides is 2. The fourth-order valence-electron chi connectivity index (χ4n) is 2.31. The third kappa shape index (κ3) is 6.38. The first-order valence-corrected chi connectivity index (χ1v) is 10.5. The summed E-state index contributed by atoms with van der Waals surface area (Å²) in [4.78, 5) is 24.1. The van der Waals surface area contributed by atoms with Gasteiger partial charge < -0.3 is 4.74 Å². The zero-order valence-corrected chi connectivity index (χ0v) is 16.9. The van der Waals surface area contributed by atoms with Crippen molar-refractivity contribution in [2.45, 2.75) is 38.2 Å². The highest BCUT2D eigenvalue weighted by Crippen LogP contribution is 2.14. The largest absolute Gasteiger partial charge is 0.491 e. The van der Waals surface area contributed by atoms with Gasteiger partial charge in [0.2, 0.25) is 5.91 Å². The first kappa shape index (κ1) is 21.4. The normalized spacial score (nSPS) is 11.1. The maximum absolute atomic E-state index is 12.2. The third-order valence-electron chi connectivity index (χ3n) is 3.78. The topological polar surface area (TPSA) is 102 Å². The van der Waals surface area contributed by atoms with Gasteiger partial charge in [0.15, 0.2) is 9.84 Å². The molecule has 0 fully saturated rings. The van der Waals surface area contributed by atoms with E-state index in [1.807, 2.05) is 20.8 Å². The number of hydrazine groups is 1. The van der Waals surface area contributed by atoms with Gasteiger partial charge in [-0.3, -0.25) is 20.4 Å². The summed E-state index contributed by atoms with van der Waals surface area (Å²) in [6, 6.07) is 12.9. The van der Waals surface area contributed by atoms with Gasteiger partial charge in [0.05, 0.1) is 16.8 Å². The SMILES string of the molecule is Cc1ccc(S(=O)(=O)CCC(=O)NNC(=O)c2ccc(OC(C)C)cc2)cc1. The van der Waals surface area contributed by atoms with Crippen molar-refractivity contribution in [1.82, 2.24) is 10.9 Å². The van der Waals surface area contributed by atoms with E-state index in [-0.39, 0.29) is 23.2 Å². The second kappa shape index (κ2) is 9.36. The molecule has 0 aliphatic carbocycles. The fraction of sp³-hybridized carbons (Fsp3) is 0.300. The molecule has 2 aromatic carbocycles. The summed E-state index contributed by atoms with van der Waals surface area (Å²) in [5, 5.41) is 0. The summed E-state index contributed by atoms with van der Waals surface area (Å²) in [6.45, 7) is 5.65. The van der Waals surface area contributed by atoms with Crippen LogP contribution in [-0.4, -0.2) is 32.1 Å². The molecule has 0 aliphatic rings. The number of nitrogens with one attached hydrogen (secondary N) is 2. The molecule has 8 heteroatoms. The Morgan fingerprint density at radius 1 is 0.964 bits per heavy atom. The molecule has 150 valence electrons. The van der Waals surface area contributed by atoms with E-state index in [0.29, 0.717) is 11.3 Å². The van der Waals surface area contributed by atoms with E-state index in [4.69, 9.17) is 4.74 Å². The van der Waals surface area contributed by atoms with E-state index in [0.717, 1.165) is 5.56 Å². The zero-order valence-electron chi connectivity index (χ0n) is 16.1. The molecule has 0 aliphatic heterocycles. The molecule has 0 spiro atoms. The van der Waals surface area contributed by atoms with E-state index < -0.39 is 21.7 Å². The van der Waals surface area contributed by atoms with Gasteiger partial charge in [0, 0.05) is 12.0 Å². The number of hydrogen-bond donors (Lipinski definition) is 2. The molecule has 0 radical (unpaired) electrons. The van der Waals surface area contributed by atoms with E-state index >= 15 is 0 Å². The quantitative estimate of drug-likeness (QED) is 0.690. The van der Waals surface area contributed by atoms with Gasteiger partial charge in [-0.1, -0.05) is 17.7 Å². The number of hydrogen-bond acceptors (Lipinski definition) is 5. The van der Waals surface area contributed by atoms with Crippen LogP contribution in [0.15, 0.2) is 53.4 Å². The van der Waals surface area contributed by atoms with Crippen LogP contribution >= 0.6 is 0 Å². The second-order valence-corrected chi connectivity index (χ2v) is 8.68. The molecule has 0 saturated heterocycles. The third-order valence-corrected chi connectivity index (χ3v) is 5.51. The van der Waals surface area contributed by atoms with Gasteiger partial charge in [-0.15, -0.1) is 0 Å². The predicted molar refractivity (Wildman–Crippen MR) is 106 cm³/mol. The molecule has 0 unspecified atom stereocenters. The monoisotopic (exact) mass is 404 g/mol. The molecule has 2 amide bonds. The van der Waals surface area contributed by atoms with Crippen molar-refractivity contribution >= 4 is 21.7 Å². The summed E-state index contributed by atoms with van der Waals surface area (Å²) in [7, 11) is -3.57. The molecule has 2 aromatic rings. The molecule has 0 atom stereocenters. The van der Waals surface area contributed by atoms with Gasteiger partial charge in [-0.25, -0.2) is 8.42 Å². The maximum Gasteiger partial charge on any atom is 0.269 e. The highest BCUT2D eigenvalue weighted by molar-refractivity contribution is 7.91. The molecular weight excluding hydrogens is 380 g/mol. The van der Waals surface area contributed by atoms with Gasteiger partial charge in [0.25, 0.3) is 5.91 Å². The average Bonchev–Trinajstić information content (AvgIpc) is 2.65. The van der Waals surface area contributed by atoms with Gasteiger partial charge in [-0.05, 0) is 57.2 Å². The smallest absolute Gasteiger partial charge is 0.269 e. The molecule has 0 saturated carbocycles. The molecule has 2 rings (SSSR count). The number of rotatable bonds is 7. The number of carbonyl (C=O) groups is 2. The first-order valence-electron chi connectivity index (χ1n) is 8.83. The lowest BCUT2D eigenvalue weighted by molar-refractivity contribution is -0.121. The Balaban J connectivity index is 1.83. The molecule has 28 heavy (non-hydrogen) atoms. The maximum atomic E-state index is 12.2. The van der Waals surface area contributed by atoms with Crippen molar-refractivity contribution in [2.75, 3.05) is 5.75 Å². The summed E-state index contributed by atoms with van der Waals surface area (Å²) in [5.41, 5.74) is 5.78. The van der Waals surface area contributed by atoms with E-state index in [1.165, 1.54) is 12.1 Å². The van der Waals surface area contributed by atoms with Crippen molar-refractivity contribution in [3.8, 4) is 5.75 Å². The molecule has 7 nitrogen and oxygen atoms in total. The highest BCUT2D eigenvalue weighted by Gasteiger charge is 2.17. The van der Waals surface area contributed by atoms with Crippen molar-refractivity contribution < 1.29 is 22.7 Å².